The molecule has 96 valence electrons. The summed E-state index contributed by atoms with van der Waals surface area (Å²) in [7, 11) is 0. The molecular formula is C11H11N7O. The van der Waals surface area contributed by atoms with E-state index in [1.54, 1.807) is 18.2 Å². The minimum absolute atomic E-state index is 0.149. The molecule has 0 aliphatic heterocycles. The second kappa shape index (κ2) is 4.84. The Hall–Kier alpha value is -2.77. The van der Waals surface area contributed by atoms with Crippen molar-refractivity contribution in [3.05, 3.63) is 35.9 Å². The third-order valence-corrected chi connectivity index (χ3v) is 2.69. The van der Waals surface area contributed by atoms with Crippen molar-refractivity contribution in [3.8, 4) is 0 Å². The largest absolute Gasteiger partial charge is 0.352 e. The SMILES string of the molecule is O=C(NCCc1ncn[nH]1)c1ccc2n[nH]nc2c1. The summed E-state index contributed by atoms with van der Waals surface area (Å²) in [5.74, 6) is 0.594. The zero-order chi connectivity index (χ0) is 13.1. The lowest BCUT2D eigenvalue weighted by molar-refractivity contribution is 0.0954. The first-order valence-corrected chi connectivity index (χ1v) is 5.76. The summed E-state index contributed by atoms with van der Waals surface area (Å²) >= 11 is 0. The number of H-pyrrole nitrogens is 2. The normalized spacial score (nSPS) is 10.7. The molecule has 0 aliphatic carbocycles. The first-order chi connectivity index (χ1) is 9.33. The van der Waals surface area contributed by atoms with Gasteiger partial charge >= 0.3 is 0 Å². The quantitative estimate of drug-likeness (QED) is 0.611. The average Bonchev–Trinajstić information content (AvgIpc) is 3.08. The number of fused-ring (bicyclic) bond motifs is 1. The lowest BCUT2D eigenvalue weighted by atomic mass is 10.2. The average molecular weight is 257 g/mol. The predicted octanol–water partition coefficient (Wildman–Crippen LogP) is 0.0485. The van der Waals surface area contributed by atoms with Gasteiger partial charge in [-0.3, -0.25) is 9.89 Å². The maximum absolute atomic E-state index is 11.9. The summed E-state index contributed by atoms with van der Waals surface area (Å²) in [6.07, 6.45) is 2.05. The second-order valence-electron chi connectivity index (χ2n) is 3.97. The van der Waals surface area contributed by atoms with Crippen LogP contribution in [0.5, 0.6) is 0 Å². The molecule has 0 bridgehead atoms. The summed E-state index contributed by atoms with van der Waals surface area (Å²) in [6, 6.07) is 5.17. The van der Waals surface area contributed by atoms with Crippen LogP contribution in [0.15, 0.2) is 24.5 Å². The van der Waals surface area contributed by atoms with E-state index in [9.17, 15) is 4.79 Å². The molecule has 19 heavy (non-hydrogen) atoms. The summed E-state index contributed by atoms with van der Waals surface area (Å²) in [6.45, 7) is 0.491. The van der Waals surface area contributed by atoms with Gasteiger partial charge in [-0.25, -0.2) is 4.98 Å². The molecule has 0 atom stereocenters. The highest BCUT2D eigenvalue weighted by Crippen LogP contribution is 2.10. The zero-order valence-electron chi connectivity index (χ0n) is 9.92. The summed E-state index contributed by atoms with van der Waals surface area (Å²) < 4.78 is 0. The summed E-state index contributed by atoms with van der Waals surface area (Å²) in [5, 5.41) is 19.7. The molecule has 0 saturated carbocycles. The molecule has 0 unspecified atom stereocenters. The Balaban J connectivity index is 1.63. The number of rotatable bonds is 4. The number of carbonyl (C=O) groups excluding carboxylic acids is 1. The van der Waals surface area contributed by atoms with E-state index in [0.717, 1.165) is 11.3 Å². The number of amides is 1. The second-order valence-corrected chi connectivity index (χ2v) is 3.97. The Morgan fingerprint density at radius 1 is 1.26 bits per heavy atom. The fraction of sp³-hybridized carbons (Fsp3) is 0.182. The molecule has 0 aliphatic rings. The van der Waals surface area contributed by atoms with Crippen LogP contribution < -0.4 is 5.32 Å². The molecule has 2 aromatic heterocycles. The van der Waals surface area contributed by atoms with Gasteiger partial charge in [0.05, 0.1) is 0 Å². The molecule has 0 radical (unpaired) electrons. The zero-order valence-corrected chi connectivity index (χ0v) is 9.92. The Labute approximate surface area is 107 Å². The van der Waals surface area contributed by atoms with E-state index in [4.69, 9.17) is 0 Å². The van der Waals surface area contributed by atoms with E-state index < -0.39 is 0 Å². The predicted molar refractivity (Wildman–Crippen MR) is 66.3 cm³/mol. The minimum atomic E-state index is -0.149. The van der Waals surface area contributed by atoms with Crippen molar-refractivity contribution in [1.82, 2.24) is 35.9 Å². The number of hydrogen-bond acceptors (Lipinski definition) is 5. The Bertz CT molecular complexity index is 688. The van der Waals surface area contributed by atoms with E-state index in [1.165, 1.54) is 6.33 Å². The highest BCUT2D eigenvalue weighted by atomic mass is 16.1. The van der Waals surface area contributed by atoms with Crippen LogP contribution in [0.2, 0.25) is 0 Å². The third kappa shape index (κ3) is 2.41. The first kappa shape index (κ1) is 11.3. The number of nitrogens with one attached hydrogen (secondary N) is 3. The topological polar surface area (TPSA) is 112 Å². The highest BCUT2D eigenvalue weighted by molar-refractivity contribution is 5.97. The molecule has 3 aromatic rings. The van der Waals surface area contributed by atoms with E-state index in [2.05, 4.69) is 35.9 Å². The van der Waals surface area contributed by atoms with Gasteiger partial charge in [-0.1, -0.05) is 0 Å². The van der Waals surface area contributed by atoms with E-state index in [-0.39, 0.29) is 5.91 Å². The van der Waals surface area contributed by atoms with Gasteiger partial charge in [0.15, 0.2) is 0 Å². The van der Waals surface area contributed by atoms with Gasteiger partial charge in [-0.15, -0.1) is 0 Å². The van der Waals surface area contributed by atoms with E-state index >= 15 is 0 Å². The fourth-order valence-corrected chi connectivity index (χ4v) is 1.73. The van der Waals surface area contributed by atoms with Crippen molar-refractivity contribution in [3.63, 3.8) is 0 Å². The van der Waals surface area contributed by atoms with E-state index in [1.807, 2.05) is 0 Å². The monoisotopic (exact) mass is 257 g/mol. The van der Waals surface area contributed by atoms with Crippen LogP contribution >= 0.6 is 0 Å². The van der Waals surface area contributed by atoms with Crippen LogP contribution in [-0.4, -0.2) is 43.0 Å². The summed E-state index contributed by atoms with van der Waals surface area (Å²) in [4.78, 5) is 15.9. The Kier molecular flexibility index (Phi) is 2.89. The van der Waals surface area contributed by atoms with E-state index in [0.29, 0.717) is 24.0 Å². The number of benzene rings is 1. The smallest absolute Gasteiger partial charge is 0.251 e. The van der Waals surface area contributed by atoms with Crippen molar-refractivity contribution in [1.29, 1.82) is 0 Å². The van der Waals surface area contributed by atoms with Crippen LogP contribution in [0, 0.1) is 0 Å². The van der Waals surface area contributed by atoms with Crippen molar-refractivity contribution < 1.29 is 4.79 Å². The first-order valence-electron chi connectivity index (χ1n) is 5.76. The number of hydrogen-bond donors (Lipinski definition) is 3. The Morgan fingerprint density at radius 2 is 2.16 bits per heavy atom. The van der Waals surface area contributed by atoms with Crippen LogP contribution in [0.4, 0.5) is 0 Å². The van der Waals surface area contributed by atoms with Crippen LogP contribution in [0.25, 0.3) is 11.0 Å². The lowest BCUT2D eigenvalue weighted by Gasteiger charge is -2.03. The lowest BCUT2D eigenvalue weighted by Crippen LogP contribution is -2.25. The molecule has 0 spiro atoms. The molecule has 3 rings (SSSR count). The molecule has 3 N–H and O–H groups in total. The summed E-state index contributed by atoms with van der Waals surface area (Å²) in [5.41, 5.74) is 1.96. The van der Waals surface area contributed by atoms with Gasteiger partial charge in [0, 0.05) is 18.5 Å². The van der Waals surface area contributed by atoms with Gasteiger partial charge < -0.3 is 5.32 Å². The maximum atomic E-state index is 11.9. The van der Waals surface area contributed by atoms with Crippen molar-refractivity contribution in [2.45, 2.75) is 6.42 Å². The molecule has 1 amide bonds. The van der Waals surface area contributed by atoms with Crippen LogP contribution in [0.1, 0.15) is 16.2 Å². The van der Waals surface area contributed by atoms with Crippen molar-refractivity contribution in [2.75, 3.05) is 6.54 Å². The van der Waals surface area contributed by atoms with Crippen LogP contribution in [-0.2, 0) is 6.42 Å². The molecule has 8 nitrogen and oxygen atoms in total. The molecule has 1 aromatic carbocycles. The number of carbonyl (C=O) groups is 1. The van der Waals surface area contributed by atoms with Gasteiger partial charge in [0.1, 0.15) is 23.2 Å². The fourth-order valence-electron chi connectivity index (χ4n) is 1.73. The van der Waals surface area contributed by atoms with Gasteiger partial charge in [0.2, 0.25) is 0 Å². The minimum Gasteiger partial charge on any atom is -0.352 e. The number of aromatic nitrogens is 6. The van der Waals surface area contributed by atoms with Crippen molar-refractivity contribution >= 4 is 16.9 Å². The van der Waals surface area contributed by atoms with Gasteiger partial charge in [0.25, 0.3) is 5.91 Å². The number of aromatic amines is 2. The molecule has 0 saturated heterocycles. The van der Waals surface area contributed by atoms with Gasteiger partial charge in [-0.2, -0.15) is 20.5 Å². The molecule has 8 heteroatoms. The van der Waals surface area contributed by atoms with Crippen LogP contribution in [0.3, 0.4) is 0 Å². The molecule has 2 heterocycles. The third-order valence-electron chi connectivity index (χ3n) is 2.69. The standard InChI is InChI=1S/C11H11N7O/c19-11(12-4-3-10-13-6-14-17-10)7-1-2-8-9(5-7)16-18-15-8/h1-2,5-6H,3-4H2,(H,12,19)(H,13,14,17)(H,15,16,18). The highest BCUT2D eigenvalue weighted by Gasteiger charge is 2.07. The maximum Gasteiger partial charge on any atom is 0.251 e. The Morgan fingerprint density at radius 3 is 3.00 bits per heavy atom. The number of nitrogens with zero attached hydrogens (tertiary/aromatic N) is 4. The van der Waals surface area contributed by atoms with Gasteiger partial charge in [-0.05, 0) is 18.2 Å². The molecular weight excluding hydrogens is 246 g/mol. The van der Waals surface area contributed by atoms with Crippen molar-refractivity contribution in [2.24, 2.45) is 0 Å². The molecule has 0 fully saturated rings.